The minimum absolute atomic E-state index is 0.145. The molecule has 1 amide bonds. The number of anilines is 1. The van der Waals surface area contributed by atoms with Crippen molar-refractivity contribution in [2.24, 2.45) is 0 Å². The molecule has 2 saturated heterocycles. The fourth-order valence-corrected chi connectivity index (χ4v) is 4.82. The quantitative estimate of drug-likeness (QED) is 0.559. The molecule has 0 aromatic heterocycles. The fourth-order valence-electron chi connectivity index (χ4n) is 4.82. The fraction of sp³-hybridized carbons (Fsp3) is 0.333. The van der Waals surface area contributed by atoms with Gasteiger partial charge in [0.15, 0.2) is 5.78 Å². The Hall–Kier alpha value is -3.02. The van der Waals surface area contributed by atoms with Crippen molar-refractivity contribution in [3.63, 3.8) is 0 Å². The Morgan fingerprint density at radius 3 is 2.25 bits per heavy atom. The zero-order chi connectivity index (χ0) is 21.9. The Kier molecular flexibility index (Phi) is 6.02. The van der Waals surface area contributed by atoms with Gasteiger partial charge in [-0.05, 0) is 47.0 Å². The van der Waals surface area contributed by atoms with E-state index in [4.69, 9.17) is 0 Å². The van der Waals surface area contributed by atoms with E-state index in [0.29, 0.717) is 13.0 Å². The Morgan fingerprint density at radius 2 is 1.50 bits per heavy atom. The van der Waals surface area contributed by atoms with Crippen molar-refractivity contribution in [3.05, 3.63) is 77.9 Å². The third kappa shape index (κ3) is 4.45. The molecule has 0 saturated carbocycles. The summed E-state index contributed by atoms with van der Waals surface area (Å²) >= 11 is 0. The van der Waals surface area contributed by atoms with Crippen LogP contribution in [0.3, 0.4) is 0 Å². The third-order valence-electron chi connectivity index (χ3n) is 6.68. The summed E-state index contributed by atoms with van der Waals surface area (Å²) < 4.78 is 0. The van der Waals surface area contributed by atoms with Crippen LogP contribution in [-0.2, 0) is 11.3 Å². The lowest BCUT2D eigenvalue weighted by Crippen LogP contribution is -2.47. The van der Waals surface area contributed by atoms with Crippen LogP contribution in [0.5, 0.6) is 0 Å². The Balaban J connectivity index is 1.14. The first-order valence-corrected chi connectivity index (χ1v) is 11.5. The van der Waals surface area contributed by atoms with Gasteiger partial charge >= 0.3 is 0 Å². The first kappa shape index (κ1) is 20.9. The van der Waals surface area contributed by atoms with Crippen molar-refractivity contribution in [1.29, 1.82) is 0 Å². The standard InChI is InChI=1S/C27H29N3O2/c31-26(22-10-12-24(13-11-22)30-14-4-9-27(30)32)20-29-17-15-28(16-18-29)19-23-7-3-6-21-5-1-2-8-25(21)23/h1-3,5-8,10-13H,4,9,14-20H2. The third-order valence-corrected chi connectivity index (χ3v) is 6.68. The number of benzene rings is 3. The number of hydrogen-bond acceptors (Lipinski definition) is 4. The van der Waals surface area contributed by atoms with Crippen molar-refractivity contribution in [2.75, 3.05) is 44.2 Å². The predicted octanol–water partition coefficient (Wildman–Crippen LogP) is 3.97. The molecular weight excluding hydrogens is 398 g/mol. The Labute approximate surface area is 189 Å². The summed E-state index contributed by atoms with van der Waals surface area (Å²) in [5, 5.41) is 2.61. The van der Waals surface area contributed by atoms with Crippen LogP contribution in [0.25, 0.3) is 10.8 Å². The number of rotatable bonds is 6. The number of carbonyl (C=O) groups excluding carboxylic acids is 2. The number of fused-ring (bicyclic) bond motifs is 1. The molecule has 0 unspecified atom stereocenters. The van der Waals surface area contributed by atoms with Gasteiger partial charge in [0.1, 0.15) is 0 Å². The number of ketones is 1. The molecule has 0 bridgehead atoms. The number of piperazine rings is 1. The number of nitrogens with zero attached hydrogens (tertiary/aromatic N) is 3. The summed E-state index contributed by atoms with van der Waals surface area (Å²) in [7, 11) is 0. The molecule has 5 heteroatoms. The largest absolute Gasteiger partial charge is 0.312 e. The van der Waals surface area contributed by atoms with Crippen LogP contribution in [0.15, 0.2) is 66.7 Å². The van der Waals surface area contributed by atoms with E-state index in [0.717, 1.165) is 56.9 Å². The smallest absolute Gasteiger partial charge is 0.227 e. The topological polar surface area (TPSA) is 43.9 Å². The second-order valence-corrected chi connectivity index (χ2v) is 8.81. The highest BCUT2D eigenvalue weighted by Gasteiger charge is 2.23. The normalized spacial score (nSPS) is 17.9. The monoisotopic (exact) mass is 427 g/mol. The molecular formula is C27H29N3O2. The van der Waals surface area contributed by atoms with Crippen molar-refractivity contribution >= 4 is 28.2 Å². The van der Waals surface area contributed by atoms with Crippen LogP contribution < -0.4 is 4.90 Å². The molecule has 2 fully saturated rings. The van der Waals surface area contributed by atoms with Gasteiger partial charge in [0, 0.05) is 56.9 Å². The molecule has 5 rings (SSSR count). The van der Waals surface area contributed by atoms with E-state index in [1.165, 1.54) is 16.3 Å². The summed E-state index contributed by atoms with van der Waals surface area (Å²) in [5.74, 6) is 0.317. The molecule has 0 aliphatic carbocycles. The number of amides is 1. The first-order valence-electron chi connectivity index (χ1n) is 11.5. The highest BCUT2D eigenvalue weighted by atomic mass is 16.2. The minimum atomic E-state index is 0.145. The number of carbonyl (C=O) groups is 2. The maximum Gasteiger partial charge on any atom is 0.227 e. The highest BCUT2D eigenvalue weighted by molar-refractivity contribution is 5.99. The molecule has 3 aromatic rings. The molecule has 2 aliphatic rings. The van der Waals surface area contributed by atoms with E-state index < -0.39 is 0 Å². The molecule has 0 N–H and O–H groups in total. The van der Waals surface area contributed by atoms with Gasteiger partial charge in [-0.15, -0.1) is 0 Å². The molecule has 2 heterocycles. The van der Waals surface area contributed by atoms with Crippen LogP contribution in [0.2, 0.25) is 0 Å². The lowest BCUT2D eigenvalue weighted by Gasteiger charge is -2.34. The molecule has 164 valence electrons. The molecule has 3 aromatic carbocycles. The molecule has 32 heavy (non-hydrogen) atoms. The molecule has 2 aliphatic heterocycles. The minimum Gasteiger partial charge on any atom is -0.312 e. The van der Waals surface area contributed by atoms with Crippen molar-refractivity contribution < 1.29 is 9.59 Å². The van der Waals surface area contributed by atoms with E-state index in [1.807, 2.05) is 29.2 Å². The van der Waals surface area contributed by atoms with Crippen LogP contribution in [0.1, 0.15) is 28.8 Å². The lowest BCUT2D eigenvalue weighted by molar-refractivity contribution is -0.117. The predicted molar refractivity (Wildman–Crippen MR) is 128 cm³/mol. The van der Waals surface area contributed by atoms with Gasteiger partial charge in [-0.2, -0.15) is 0 Å². The maximum absolute atomic E-state index is 12.8. The van der Waals surface area contributed by atoms with Crippen LogP contribution in [-0.4, -0.2) is 60.8 Å². The zero-order valence-electron chi connectivity index (χ0n) is 18.4. The van der Waals surface area contributed by atoms with Gasteiger partial charge in [-0.1, -0.05) is 42.5 Å². The highest BCUT2D eigenvalue weighted by Crippen LogP contribution is 2.23. The van der Waals surface area contributed by atoms with Crippen LogP contribution in [0.4, 0.5) is 5.69 Å². The Bertz CT molecular complexity index is 1110. The first-order chi connectivity index (χ1) is 15.7. The van der Waals surface area contributed by atoms with Gasteiger partial charge in [0.05, 0.1) is 6.54 Å². The molecule has 0 radical (unpaired) electrons. The lowest BCUT2D eigenvalue weighted by atomic mass is 10.0. The molecule has 5 nitrogen and oxygen atoms in total. The SMILES string of the molecule is O=C(CN1CCN(Cc2cccc3ccccc23)CC1)c1ccc(N2CCCC2=O)cc1. The van der Waals surface area contributed by atoms with Crippen molar-refractivity contribution in [1.82, 2.24) is 9.80 Å². The van der Waals surface area contributed by atoms with E-state index in [-0.39, 0.29) is 11.7 Å². The van der Waals surface area contributed by atoms with Crippen LogP contribution >= 0.6 is 0 Å². The van der Waals surface area contributed by atoms with Gasteiger partial charge < -0.3 is 4.90 Å². The Morgan fingerprint density at radius 1 is 0.781 bits per heavy atom. The number of Topliss-reactive ketones (excluding diaryl/α,β-unsaturated/α-hetero) is 1. The van der Waals surface area contributed by atoms with E-state index in [9.17, 15) is 9.59 Å². The van der Waals surface area contributed by atoms with E-state index in [1.54, 1.807) is 0 Å². The van der Waals surface area contributed by atoms with E-state index >= 15 is 0 Å². The second-order valence-electron chi connectivity index (χ2n) is 8.81. The average Bonchev–Trinajstić information content (AvgIpc) is 3.26. The summed E-state index contributed by atoms with van der Waals surface area (Å²) in [6.45, 7) is 5.89. The summed E-state index contributed by atoms with van der Waals surface area (Å²) in [5.41, 5.74) is 2.98. The molecule has 0 atom stereocenters. The van der Waals surface area contributed by atoms with Crippen LogP contribution in [0, 0.1) is 0 Å². The number of hydrogen-bond donors (Lipinski definition) is 0. The van der Waals surface area contributed by atoms with Gasteiger partial charge in [-0.3, -0.25) is 19.4 Å². The zero-order valence-corrected chi connectivity index (χ0v) is 18.4. The molecule has 0 spiro atoms. The average molecular weight is 428 g/mol. The van der Waals surface area contributed by atoms with Gasteiger partial charge in [0.25, 0.3) is 0 Å². The van der Waals surface area contributed by atoms with Crippen molar-refractivity contribution in [3.8, 4) is 0 Å². The van der Waals surface area contributed by atoms with E-state index in [2.05, 4.69) is 52.3 Å². The summed E-state index contributed by atoms with van der Waals surface area (Å²) in [6, 6.07) is 22.6. The van der Waals surface area contributed by atoms with Crippen molar-refractivity contribution in [2.45, 2.75) is 19.4 Å². The van der Waals surface area contributed by atoms with Gasteiger partial charge in [-0.25, -0.2) is 0 Å². The van der Waals surface area contributed by atoms with Gasteiger partial charge in [0.2, 0.25) is 5.91 Å². The maximum atomic E-state index is 12.8. The summed E-state index contributed by atoms with van der Waals surface area (Å²) in [6.07, 6.45) is 1.53. The summed E-state index contributed by atoms with van der Waals surface area (Å²) in [4.78, 5) is 31.2. The second kappa shape index (κ2) is 9.23.